The number of hydrogen-bond acceptors (Lipinski definition) is 5. The molecule has 1 aliphatic heterocycles. The molecule has 0 N–H and O–H groups in total. The van der Waals surface area contributed by atoms with Gasteiger partial charge in [-0.1, -0.05) is 146 Å². The zero-order chi connectivity index (χ0) is 32.8. The van der Waals surface area contributed by atoms with Crippen molar-refractivity contribution >= 4 is 15.3 Å². The third-order valence-electron chi connectivity index (χ3n) is 9.30. The summed E-state index contributed by atoms with van der Waals surface area (Å²) in [4.78, 5) is 16.1. The number of rotatable bonds is 5. The highest BCUT2D eigenvalue weighted by Gasteiger charge is 2.35. The molecule has 0 saturated carbocycles. The number of nitrogens with zero attached hydrogens (tertiary/aromatic N) is 4. The Morgan fingerprint density at radius 1 is 0.510 bits per heavy atom. The van der Waals surface area contributed by atoms with E-state index in [1.54, 1.807) is 0 Å². The molecule has 49 heavy (non-hydrogen) atoms. The molecule has 1 aliphatic carbocycles. The molecule has 6 aromatic carbocycles. The van der Waals surface area contributed by atoms with Gasteiger partial charge in [0.25, 0.3) is 0 Å². The summed E-state index contributed by atoms with van der Waals surface area (Å²) in [5.74, 6) is 1.78. The van der Waals surface area contributed by atoms with Gasteiger partial charge in [-0.2, -0.15) is 4.36 Å². The average Bonchev–Trinajstić information content (AvgIpc) is 3.18. The van der Waals surface area contributed by atoms with E-state index in [0.717, 1.165) is 44.0 Å². The van der Waals surface area contributed by atoms with E-state index in [4.69, 9.17) is 19.3 Å². The molecule has 9 rings (SSSR count). The SMILES string of the molecule is O=S1(c2cccc(-c3nc(-c4ccccc4)nc(-c4ccccc4)n3)c2)=NC2=C(c3ccccc3C(c3ccccc3)C2)c2ccccc21. The van der Waals surface area contributed by atoms with Gasteiger partial charge >= 0.3 is 0 Å². The van der Waals surface area contributed by atoms with Crippen molar-refractivity contribution in [2.75, 3.05) is 0 Å². The molecule has 2 atom stereocenters. The lowest BCUT2D eigenvalue weighted by atomic mass is 9.76. The van der Waals surface area contributed by atoms with E-state index in [9.17, 15) is 0 Å². The Kier molecular flexibility index (Phi) is 7.10. The predicted octanol–water partition coefficient (Wildman–Crippen LogP) is 10.1. The van der Waals surface area contributed by atoms with Gasteiger partial charge in [0.05, 0.1) is 15.5 Å². The largest absolute Gasteiger partial charge is 0.239 e. The minimum absolute atomic E-state index is 0.109. The Bertz CT molecular complexity index is 2460. The maximum absolute atomic E-state index is 15.5. The Labute approximate surface area is 285 Å². The van der Waals surface area contributed by atoms with Crippen LogP contribution in [0.1, 0.15) is 34.6 Å². The average molecular weight is 651 g/mol. The fraction of sp³-hybridized carbons (Fsp3) is 0.0465. The van der Waals surface area contributed by atoms with E-state index in [0.29, 0.717) is 28.8 Å². The van der Waals surface area contributed by atoms with Gasteiger partial charge in [0.2, 0.25) is 0 Å². The van der Waals surface area contributed by atoms with Crippen molar-refractivity contribution in [3.8, 4) is 34.2 Å². The molecule has 5 nitrogen and oxygen atoms in total. The smallest absolute Gasteiger partial charge is 0.164 e. The zero-order valence-electron chi connectivity index (χ0n) is 26.5. The summed E-state index contributed by atoms with van der Waals surface area (Å²) < 4.78 is 20.8. The second-order valence-corrected chi connectivity index (χ2v) is 14.4. The highest BCUT2D eigenvalue weighted by atomic mass is 32.2. The summed E-state index contributed by atoms with van der Waals surface area (Å²) in [6.45, 7) is 0. The van der Waals surface area contributed by atoms with Gasteiger partial charge in [-0.25, -0.2) is 19.2 Å². The molecular weight excluding hydrogens is 621 g/mol. The van der Waals surface area contributed by atoms with Gasteiger partial charge in [-0.05, 0) is 34.9 Å². The fourth-order valence-corrected chi connectivity index (χ4v) is 9.21. The molecule has 6 heteroatoms. The first-order valence-corrected chi connectivity index (χ1v) is 17.9. The first-order chi connectivity index (χ1) is 24.2. The maximum Gasteiger partial charge on any atom is 0.164 e. The fourth-order valence-electron chi connectivity index (χ4n) is 7.00. The Morgan fingerprint density at radius 3 is 1.71 bits per heavy atom. The lowest BCUT2D eigenvalue weighted by Gasteiger charge is -2.33. The van der Waals surface area contributed by atoms with Crippen LogP contribution in [0.25, 0.3) is 39.7 Å². The molecule has 0 saturated heterocycles. The van der Waals surface area contributed by atoms with E-state index in [1.165, 1.54) is 11.1 Å². The summed E-state index contributed by atoms with van der Waals surface area (Å²) in [5.41, 5.74) is 9.11. The van der Waals surface area contributed by atoms with E-state index >= 15 is 4.21 Å². The van der Waals surface area contributed by atoms with Crippen LogP contribution in [0.15, 0.2) is 184 Å². The van der Waals surface area contributed by atoms with Crippen LogP contribution in [0.5, 0.6) is 0 Å². The Hall–Kier alpha value is -5.98. The highest BCUT2D eigenvalue weighted by molar-refractivity contribution is 7.94. The molecule has 7 aromatic rings. The van der Waals surface area contributed by atoms with Gasteiger partial charge in [-0.15, -0.1) is 0 Å². The standard InChI is InChI=1S/C43H30N4OS/c48-49(33-22-14-21-32(27-33)43-45-41(30-17-6-2-7-18-30)44-42(46-43)31-19-8-3-9-20-31)39-26-13-12-25-36(39)40-35-24-11-10-23-34(35)37(28-38(40)47-49)29-15-4-1-5-16-29/h1-27,37H,28H2. The molecule has 1 aromatic heterocycles. The van der Waals surface area contributed by atoms with Gasteiger partial charge in [-0.3, -0.25) is 0 Å². The van der Waals surface area contributed by atoms with Crippen molar-refractivity contribution in [3.05, 3.63) is 192 Å². The second-order valence-electron chi connectivity index (χ2n) is 12.3. The van der Waals surface area contributed by atoms with Crippen molar-refractivity contribution in [3.63, 3.8) is 0 Å². The molecule has 0 bridgehead atoms. The molecule has 0 amide bonds. The number of allylic oxidation sites excluding steroid dienone is 1. The molecule has 2 aliphatic rings. The van der Waals surface area contributed by atoms with Crippen LogP contribution >= 0.6 is 0 Å². The summed E-state index contributed by atoms with van der Waals surface area (Å²) in [6, 6.07) is 54.8. The Balaban J connectivity index is 1.22. The normalized spacial score (nSPS) is 17.8. The maximum atomic E-state index is 15.5. The zero-order valence-corrected chi connectivity index (χ0v) is 27.3. The van der Waals surface area contributed by atoms with Crippen molar-refractivity contribution in [2.45, 2.75) is 22.1 Å². The summed E-state index contributed by atoms with van der Waals surface area (Å²) in [7, 11) is -3.07. The lowest BCUT2D eigenvalue weighted by Crippen LogP contribution is -2.18. The van der Waals surface area contributed by atoms with Crippen LogP contribution in [0.3, 0.4) is 0 Å². The molecular formula is C43H30N4OS. The molecule has 0 fully saturated rings. The molecule has 2 unspecified atom stereocenters. The van der Waals surface area contributed by atoms with Gasteiger partial charge in [0.15, 0.2) is 17.5 Å². The van der Waals surface area contributed by atoms with Crippen molar-refractivity contribution < 1.29 is 4.21 Å². The number of benzene rings is 6. The van der Waals surface area contributed by atoms with Crippen molar-refractivity contribution in [2.24, 2.45) is 4.36 Å². The quantitative estimate of drug-likeness (QED) is 0.186. The van der Waals surface area contributed by atoms with Crippen LogP contribution in [0.4, 0.5) is 0 Å². The van der Waals surface area contributed by atoms with Crippen LogP contribution < -0.4 is 0 Å². The summed E-state index contributed by atoms with van der Waals surface area (Å²) in [6.07, 6.45) is 0.662. The highest BCUT2D eigenvalue weighted by Crippen LogP contribution is 2.50. The molecule has 0 spiro atoms. The van der Waals surface area contributed by atoms with Gasteiger partial charge in [0.1, 0.15) is 9.73 Å². The third-order valence-corrected chi connectivity index (χ3v) is 11.6. The van der Waals surface area contributed by atoms with Crippen molar-refractivity contribution in [1.82, 2.24) is 15.0 Å². The predicted molar refractivity (Wildman–Crippen MR) is 195 cm³/mol. The van der Waals surface area contributed by atoms with E-state index in [1.807, 2.05) is 109 Å². The lowest BCUT2D eigenvalue weighted by molar-refractivity contribution is 0.672. The minimum Gasteiger partial charge on any atom is -0.239 e. The minimum atomic E-state index is -3.07. The molecule has 2 heterocycles. The molecule has 234 valence electrons. The Morgan fingerprint density at radius 2 is 1.04 bits per heavy atom. The van der Waals surface area contributed by atoms with Crippen LogP contribution in [0.2, 0.25) is 0 Å². The first kappa shape index (κ1) is 29.2. The van der Waals surface area contributed by atoms with Gasteiger partial charge in [0, 0.05) is 40.2 Å². The van der Waals surface area contributed by atoms with Crippen LogP contribution in [-0.2, 0) is 9.73 Å². The molecule has 0 radical (unpaired) electrons. The van der Waals surface area contributed by atoms with E-state index < -0.39 is 9.73 Å². The van der Waals surface area contributed by atoms with Crippen LogP contribution in [0, 0.1) is 0 Å². The summed E-state index contributed by atoms with van der Waals surface area (Å²) in [5, 5.41) is 0. The van der Waals surface area contributed by atoms with Crippen molar-refractivity contribution in [1.29, 1.82) is 0 Å². The number of hydrogen-bond donors (Lipinski definition) is 0. The topological polar surface area (TPSA) is 68.1 Å². The van der Waals surface area contributed by atoms with E-state index in [2.05, 4.69) is 54.6 Å². The first-order valence-electron chi connectivity index (χ1n) is 16.4. The third kappa shape index (κ3) is 5.09. The summed E-state index contributed by atoms with van der Waals surface area (Å²) >= 11 is 0. The monoisotopic (exact) mass is 650 g/mol. The number of aromatic nitrogens is 3. The van der Waals surface area contributed by atoms with E-state index in [-0.39, 0.29) is 5.92 Å². The van der Waals surface area contributed by atoms with Crippen LogP contribution in [-0.4, -0.2) is 19.2 Å². The second kappa shape index (κ2) is 11.9. The number of fused-ring (bicyclic) bond motifs is 4. The van der Waals surface area contributed by atoms with Gasteiger partial charge < -0.3 is 0 Å².